The summed E-state index contributed by atoms with van der Waals surface area (Å²) in [5.74, 6) is 0.325. The maximum absolute atomic E-state index is 8.88. The van der Waals surface area contributed by atoms with Gasteiger partial charge in [0.2, 0.25) is 0 Å². The van der Waals surface area contributed by atoms with Crippen LogP contribution in [-0.4, -0.2) is 11.7 Å². The molecule has 0 aliphatic heterocycles. The number of rotatable bonds is 5. The van der Waals surface area contributed by atoms with Gasteiger partial charge in [0.15, 0.2) is 0 Å². The molecule has 1 atom stereocenters. The molecule has 0 aliphatic carbocycles. The topological polar surface area (TPSA) is 20.2 Å². The summed E-state index contributed by atoms with van der Waals surface area (Å²) in [5.41, 5.74) is 1.37. The van der Waals surface area contributed by atoms with E-state index < -0.39 is 0 Å². The monoisotopic (exact) mass is 168 g/mol. The fraction of sp³-hybridized carbons (Fsp3) is 0.636. The van der Waals surface area contributed by atoms with Crippen molar-refractivity contribution < 1.29 is 5.11 Å². The van der Waals surface area contributed by atoms with Crippen LogP contribution in [0.1, 0.15) is 33.6 Å². The highest BCUT2D eigenvalue weighted by atomic mass is 16.3. The van der Waals surface area contributed by atoms with Gasteiger partial charge in [-0.25, -0.2) is 0 Å². The molecule has 0 aromatic carbocycles. The van der Waals surface area contributed by atoms with Crippen LogP contribution in [-0.2, 0) is 0 Å². The van der Waals surface area contributed by atoms with E-state index in [1.165, 1.54) is 5.57 Å². The lowest BCUT2D eigenvalue weighted by Gasteiger charge is -2.02. The van der Waals surface area contributed by atoms with E-state index in [4.69, 9.17) is 5.11 Å². The SMILES string of the molecule is CCC(C)=CC=CC(CC)CO. The highest BCUT2D eigenvalue weighted by molar-refractivity contribution is 5.10. The first-order chi connectivity index (χ1) is 5.74. The maximum atomic E-state index is 8.88. The van der Waals surface area contributed by atoms with Gasteiger partial charge in [-0.2, -0.15) is 0 Å². The van der Waals surface area contributed by atoms with Crippen molar-refractivity contribution in [2.45, 2.75) is 33.6 Å². The second-order valence-corrected chi connectivity index (χ2v) is 3.10. The van der Waals surface area contributed by atoms with Crippen molar-refractivity contribution in [3.8, 4) is 0 Å². The van der Waals surface area contributed by atoms with Gasteiger partial charge >= 0.3 is 0 Å². The fourth-order valence-corrected chi connectivity index (χ4v) is 0.821. The van der Waals surface area contributed by atoms with Crippen molar-refractivity contribution in [3.63, 3.8) is 0 Å². The van der Waals surface area contributed by atoms with E-state index in [2.05, 4.69) is 32.9 Å². The Morgan fingerprint density at radius 1 is 1.42 bits per heavy atom. The molecule has 0 aromatic rings. The van der Waals surface area contributed by atoms with E-state index in [1.54, 1.807) is 0 Å². The number of allylic oxidation sites excluding steroid dienone is 3. The molecule has 0 amide bonds. The molecule has 12 heavy (non-hydrogen) atoms. The Morgan fingerprint density at radius 2 is 2.08 bits per heavy atom. The third-order valence-corrected chi connectivity index (χ3v) is 2.08. The summed E-state index contributed by atoms with van der Waals surface area (Å²) in [6.07, 6.45) is 8.33. The average Bonchev–Trinajstić information content (AvgIpc) is 2.12. The van der Waals surface area contributed by atoms with E-state index in [-0.39, 0.29) is 6.61 Å². The average molecular weight is 168 g/mol. The van der Waals surface area contributed by atoms with E-state index in [1.807, 2.05) is 6.08 Å². The van der Waals surface area contributed by atoms with Gasteiger partial charge < -0.3 is 5.11 Å². The molecule has 0 spiro atoms. The molecule has 0 rings (SSSR count). The first-order valence-corrected chi connectivity index (χ1v) is 4.69. The lowest BCUT2D eigenvalue weighted by Crippen LogP contribution is -1.99. The molecule has 0 saturated carbocycles. The van der Waals surface area contributed by atoms with E-state index in [9.17, 15) is 0 Å². The fourth-order valence-electron chi connectivity index (χ4n) is 0.821. The minimum Gasteiger partial charge on any atom is -0.396 e. The lowest BCUT2D eigenvalue weighted by molar-refractivity contribution is 0.249. The Balaban J connectivity index is 3.88. The molecule has 0 saturated heterocycles. The maximum Gasteiger partial charge on any atom is 0.0493 e. The molecule has 0 heterocycles. The predicted molar refractivity (Wildman–Crippen MR) is 54.1 cm³/mol. The summed E-state index contributed by atoms with van der Waals surface area (Å²) < 4.78 is 0. The molecule has 0 fully saturated rings. The van der Waals surface area contributed by atoms with Gasteiger partial charge in [-0.15, -0.1) is 0 Å². The number of aliphatic hydroxyl groups is 1. The third kappa shape index (κ3) is 5.14. The van der Waals surface area contributed by atoms with Gasteiger partial charge in [0.1, 0.15) is 0 Å². The van der Waals surface area contributed by atoms with Crippen LogP contribution in [0.25, 0.3) is 0 Å². The molecule has 1 nitrogen and oxygen atoms in total. The third-order valence-electron chi connectivity index (χ3n) is 2.08. The van der Waals surface area contributed by atoms with E-state index in [0.717, 1.165) is 12.8 Å². The smallest absolute Gasteiger partial charge is 0.0493 e. The quantitative estimate of drug-likeness (QED) is 0.626. The van der Waals surface area contributed by atoms with Gasteiger partial charge in [-0.05, 0) is 25.7 Å². The Labute approximate surface area is 75.8 Å². The van der Waals surface area contributed by atoms with Gasteiger partial charge in [-0.1, -0.05) is 37.6 Å². The number of aliphatic hydroxyl groups excluding tert-OH is 1. The molecule has 0 aromatic heterocycles. The van der Waals surface area contributed by atoms with Crippen molar-refractivity contribution in [1.29, 1.82) is 0 Å². The van der Waals surface area contributed by atoms with Crippen molar-refractivity contribution in [1.82, 2.24) is 0 Å². The van der Waals surface area contributed by atoms with E-state index >= 15 is 0 Å². The van der Waals surface area contributed by atoms with Gasteiger partial charge in [0.05, 0.1) is 0 Å². The second kappa shape index (κ2) is 7.11. The zero-order valence-electron chi connectivity index (χ0n) is 8.38. The number of hydrogen-bond acceptors (Lipinski definition) is 1. The van der Waals surface area contributed by atoms with Crippen LogP contribution >= 0.6 is 0 Å². The van der Waals surface area contributed by atoms with Crippen LogP contribution in [0.3, 0.4) is 0 Å². The largest absolute Gasteiger partial charge is 0.396 e. The van der Waals surface area contributed by atoms with E-state index in [0.29, 0.717) is 5.92 Å². The standard InChI is InChI=1S/C11H20O/c1-4-10(3)7-6-8-11(5-2)9-12/h6-8,11-12H,4-5,9H2,1-3H3. The van der Waals surface area contributed by atoms with Crippen molar-refractivity contribution in [2.75, 3.05) is 6.61 Å². The highest BCUT2D eigenvalue weighted by Crippen LogP contribution is 2.04. The molecule has 0 aliphatic rings. The zero-order valence-corrected chi connectivity index (χ0v) is 8.38. The molecule has 70 valence electrons. The first-order valence-electron chi connectivity index (χ1n) is 4.69. The molecular weight excluding hydrogens is 148 g/mol. The Morgan fingerprint density at radius 3 is 2.50 bits per heavy atom. The minimum atomic E-state index is 0.256. The molecule has 1 N–H and O–H groups in total. The van der Waals surface area contributed by atoms with Gasteiger partial charge in [0, 0.05) is 6.61 Å². The second-order valence-electron chi connectivity index (χ2n) is 3.10. The van der Waals surface area contributed by atoms with Crippen molar-refractivity contribution in [3.05, 3.63) is 23.8 Å². The van der Waals surface area contributed by atoms with Gasteiger partial charge in [0.25, 0.3) is 0 Å². The predicted octanol–water partition coefficient (Wildman–Crippen LogP) is 2.92. The lowest BCUT2D eigenvalue weighted by atomic mass is 10.1. The first kappa shape index (κ1) is 11.4. The molecule has 0 bridgehead atoms. The van der Waals surface area contributed by atoms with Crippen LogP contribution < -0.4 is 0 Å². The minimum absolute atomic E-state index is 0.256. The zero-order chi connectivity index (χ0) is 9.40. The Bertz CT molecular complexity index is 152. The van der Waals surface area contributed by atoms with Gasteiger partial charge in [-0.3, -0.25) is 0 Å². The van der Waals surface area contributed by atoms with Crippen LogP contribution in [0.5, 0.6) is 0 Å². The Kier molecular flexibility index (Phi) is 6.78. The summed E-state index contributed by atoms with van der Waals surface area (Å²) in [5, 5.41) is 8.88. The summed E-state index contributed by atoms with van der Waals surface area (Å²) in [4.78, 5) is 0. The van der Waals surface area contributed by atoms with Crippen molar-refractivity contribution >= 4 is 0 Å². The summed E-state index contributed by atoms with van der Waals surface area (Å²) in [6.45, 7) is 6.60. The molecule has 0 radical (unpaired) electrons. The van der Waals surface area contributed by atoms with Crippen LogP contribution in [0.4, 0.5) is 0 Å². The summed E-state index contributed by atoms with van der Waals surface area (Å²) in [6, 6.07) is 0. The summed E-state index contributed by atoms with van der Waals surface area (Å²) >= 11 is 0. The van der Waals surface area contributed by atoms with Crippen LogP contribution in [0.15, 0.2) is 23.8 Å². The Hall–Kier alpha value is -0.560. The molecule has 1 heteroatoms. The molecule has 1 unspecified atom stereocenters. The number of hydrogen-bond donors (Lipinski definition) is 1. The molecular formula is C11H20O. The van der Waals surface area contributed by atoms with Crippen LogP contribution in [0, 0.1) is 5.92 Å². The normalized spacial score (nSPS) is 15.5. The van der Waals surface area contributed by atoms with Crippen molar-refractivity contribution in [2.24, 2.45) is 5.92 Å². The van der Waals surface area contributed by atoms with Crippen LogP contribution in [0.2, 0.25) is 0 Å². The highest BCUT2D eigenvalue weighted by Gasteiger charge is 1.96. The summed E-state index contributed by atoms with van der Waals surface area (Å²) in [7, 11) is 0.